The Kier molecular flexibility index (Phi) is 3.60. The molecule has 2 aromatic rings. The first-order valence-corrected chi connectivity index (χ1v) is 7.75. The molecule has 1 aliphatic rings. The number of aromatic nitrogens is 2. The lowest BCUT2D eigenvalue weighted by Crippen LogP contribution is -2.27. The van der Waals surface area contributed by atoms with Gasteiger partial charge in [-0.15, -0.1) is 11.3 Å². The van der Waals surface area contributed by atoms with E-state index in [0.29, 0.717) is 12.1 Å². The Morgan fingerprint density at radius 2 is 2.32 bits per heavy atom. The fourth-order valence-electron chi connectivity index (χ4n) is 2.96. The number of methoxy groups -OCH3 is 1. The van der Waals surface area contributed by atoms with Gasteiger partial charge in [-0.05, 0) is 33.1 Å². The highest BCUT2D eigenvalue weighted by atomic mass is 32.1. The molecular formula is C14H21N3OS. The van der Waals surface area contributed by atoms with Crippen molar-refractivity contribution < 1.29 is 4.74 Å². The van der Waals surface area contributed by atoms with Crippen molar-refractivity contribution in [3.05, 3.63) is 22.5 Å². The molecule has 0 spiro atoms. The number of thiazole rings is 1. The maximum absolute atomic E-state index is 5.42. The van der Waals surface area contributed by atoms with Crippen molar-refractivity contribution in [1.29, 1.82) is 0 Å². The minimum absolute atomic E-state index is 0.437. The smallest absolute Gasteiger partial charge is 0.194 e. The summed E-state index contributed by atoms with van der Waals surface area (Å²) in [5, 5.41) is 5.83. The van der Waals surface area contributed by atoms with E-state index in [4.69, 9.17) is 4.74 Å². The van der Waals surface area contributed by atoms with Crippen LogP contribution in [0.5, 0.6) is 0 Å². The van der Waals surface area contributed by atoms with E-state index in [-0.39, 0.29) is 0 Å². The van der Waals surface area contributed by atoms with Gasteiger partial charge >= 0.3 is 0 Å². The van der Waals surface area contributed by atoms with Crippen molar-refractivity contribution in [3.63, 3.8) is 0 Å². The number of nitrogens with zero attached hydrogens (tertiary/aromatic N) is 2. The zero-order chi connectivity index (χ0) is 13.4. The summed E-state index contributed by atoms with van der Waals surface area (Å²) in [6.45, 7) is 5.14. The number of hydrogen-bond donors (Lipinski definition) is 1. The number of aryl methyl sites for hydroxylation is 2. The molecule has 0 bridgehead atoms. The lowest BCUT2D eigenvalue weighted by atomic mass is 10.2. The monoisotopic (exact) mass is 279 g/mol. The molecule has 19 heavy (non-hydrogen) atoms. The van der Waals surface area contributed by atoms with E-state index in [1.165, 1.54) is 24.2 Å². The van der Waals surface area contributed by atoms with Crippen LogP contribution in [0.1, 0.15) is 36.3 Å². The summed E-state index contributed by atoms with van der Waals surface area (Å²) in [4.78, 5) is 5.73. The van der Waals surface area contributed by atoms with Crippen LogP contribution in [0.2, 0.25) is 0 Å². The first-order valence-electron chi connectivity index (χ1n) is 6.87. The molecule has 3 rings (SSSR count). The maximum Gasteiger partial charge on any atom is 0.194 e. The van der Waals surface area contributed by atoms with Gasteiger partial charge in [-0.2, -0.15) is 0 Å². The number of nitrogens with one attached hydrogen (secondary N) is 1. The second-order valence-electron chi connectivity index (χ2n) is 5.39. The minimum Gasteiger partial charge on any atom is -0.381 e. The first-order chi connectivity index (χ1) is 9.19. The quantitative estimate of drug-likeness (QED) is 0.935. The average molecular weight is 279 g/mol. The minimum atomic E-state index is 0.437. The highest BCUT2D eigenvalue weighted by Gasteiger charge is 2.24. The van der Waals surface area contributed by atoms with Crippen LogP contribution in [-0.4, -0.2) is 28.6 Å². The van der Waals surface area contributed by atoms with E-state index in [9.17, 15) is 0 Å². The third-order valence-corrected chi connectivity index (χ3v) is 5.05. The normalized spacial score (nSPS) is 23.5. The topological polar surface area (TPSA) is 38.6 Å². The van der Waals surface area contributed by atoms with Crippen molar-refractivity contribution in [1.82, 2.24) is 14.7 Å². The van der Waals surface area contributed by atoms with Crippen molar-refractivity contribution in [2.75, 3.05) is 7.11 Å². The molecule has 1 N–H and O–H groups in total. The van der Waals surface area contributed by atoms with Gasteiger partial charge in [-0.1, -0.05) is 0 Å². The van der Waals surface area contributed by atoms with Crippen LogP contribution in [0.4, 0.5) is 0 Å². The van der Waals surface area contributed by atoms with Gasteiger partial charge in [-0.25, -0.2) is 4.98 Å². The summed E-state index contributed by atoms with van der Waals surface area (Å²) in [5.41, 5.74) is 3.72. The van der Waals surface area contributed by atoms with E-state index >= 15 is 0 Å². The molecule has 2 aromatic heterocycles. The largest absolute Gasteiger partial charge is 0.381 e. The number of ether oxygens (including phenoxy) is 1. The van der Waals surface area contributed by atoms with E-state index in [1.54, 1.807) is 11.3 Å². The van der Waals surface area contributed by atoms with Crippen LogP contribution in [0.25, 0.3) is 4.96 Å². The van der Waals surface area contributed by atoms with Crippen LogP contribution in [0, 0.1) is 13.8 Å². The molecule has 0 aliphatic heterocycles. The van der Waals surface area contributed by atoms with Crippen LogP contribution in [0.15, 0.2) is 5.38 Å². The number of hydrogen-bond acceptors (Lipinski definition) is 4. The predicted octanol–water partition coefficient (Wildman–Crippen LogP) is 2.67. The van der Waals surface area contributed by atoms with Gasteiger partial charge < -0.3 is 10.1 Å². The number of fused-ring (bicyclic) bond motifs is 1. The molecule has 1 fully saturated rings. The molecule has 2 unspecified atom stereocenters. The molecule has 0 radical (unpaired) electrons. The highest BCUT2D eigenvalue weighted by Crippen LogP contribution is 2.23. The zero-order valence-electron chi connectivity index (χ0n) is 11.8. The second-order valence-corrected chi connectivity index (χ2v) is 6.22. The first kappa shape index (κ1) is 13.1. The summed E-state index contributed by atoms with van der Waals surface area (Å²) in [5.74, 6) is 0. The SMILES string of the molecule is COC1CCC(NCc2c(C)nc3scc(C)n23)C1. The van der Waals surface area contributed by atoms with E-state index in [0.717, 1.165) is 23.6 Å². The molecular weight excluding hydrogens is 258 g/mol. The third kappa shape index (κ3) is 2.42. The second kappa shape index (κ2) is 5.23. The number of rotatable bonds is 4. The van der Waals surface area contributed by atoms with Gasteiger partial charge in [0.1, 0.15) is 0 Å². The fourth-order valence-corrected chi connectivity index (χ4v) is 3.89. The Morgan fingerprint density at radius 3 is 3.05 bits per heavy atom. The standard InChI is InChI=1S/C14H21N3OS/c1-9-8-19-14-16-10(2)13(17(9)14)7-15-11-4-5-12(6-11)18-3/h8,11-12,15H,4-7H2,1-3H3. The van der Waals surface area contributed by atoms with Crippen LogP contribution >= 0.6 is 11.3 Å². The van der Waals surface area contributed by atoms with Gasteiger partial charge in [0, 0.05) is 30.8 Å². The van der Waals surface area contributed by atoms with Crippen molar-refractivity contribution >= 4 is 16.3 Å². The summed E-state index contributed by atoms with van der Waals surface area (Å²) < 4.78 is 7.70. The molecule has 2 atom stereocenters. The third-order valence-electron chi connectivity index (χ3n) is 4.11. The average Bonchev–Trinajstić information content (AvgIpc) is 3.06. The van der Waals surface area contributed by atoms with E-state index in [1.807, 2.05) is 7.11 Å². The highest BCUT2D eigenvalue weighted by molar-refractivity contribution is 7.15. The molecule has 2 heterocycles. The van der Waals surface area contributed by atoms with Crippen molar-refractivity contribution in [2.45, 2.75) is 51.8 Å². The van der Waals surface area contributed by atoms with E-state index < -0.39 is 0 Å². The van der Waals surface area contributed by atoms with Gasteiger partial charge in [0.25, 0.3) is 0 Å². The fraction of sp³-hybridized carbons (Fsp3) is 0.643. The molecule has 0 saturated heterocycles. The van der Waals surface area contributed by atoms with Crippen LogP contribution in [0.3, 0.4) is 0 Å². The maximum atomic E-state index is 5.42. The van der Waals surface area contributed by atoms with Gasteiger partial charge in [0.15, 0.2) is 4.96 Å². The Morgan fingerprint density at radius 1 is 1.47 bits per heavy atom. The summed E-state index contributed by atoms with van der Waals surface area (Å²) in [6.07, 6.45) is 3.95. The molecule has 1 saturated carbocycles. The molecule has 4 nitrogen and oxygen atoms in total. The Labute approximate surface area is 117 Å². The van der Waals surface area contributed by atoms with Crippen LogP contribution in [-0.2, 0) is 11.3 Å². The lowest BCUT2D eigenvalue weighted by molar-refractivity contribution is 0.107. The Balaban J connectivity index is 1.71. The van der Waals surface area contributed by atoms with Gasteiger partial charge in [0.2, 0.25) is 0 Å². The zero-order valence-corrected chi connectivity index (χ0v) is 12.6. The van der Waals surface area contributed by atoms with Crippen LogP contribution < -0.4 is 5.32 Å². The van der Waals surface area contributed by atoms with Crippen molar-refractivity contribution in [2.24, 2.45) is 0 Å². The Hall–Kier alpha value is -0.910. The summed E-state index contributed by atoms with van der Waals surface area (Å²) in [7, 11) is 1.81. The molecule has 104 valence electrons. The molecule has 0 amide bonds. The summed E-state index contributed by atoms with van der Waals surface area (Å²) >= 11 is 1.72. The Bertz CT molecular complexity index is 575. The van der Waals surface area contributed by atoms with Gasteiger partial charge in [0.05, 0.1) is 17.5 Å². The van der Waals surface area contributed by atoms with Gasteiger partial charge in [-0.3, -0.25) is 4.40 Å². The molecule has 0 aromatic carbocycles. The van der Waals surface area contributed by atoms with Crippen molar-refractivity contribution in [3.8, 4) is 0 Å². The predicted molar refractivity (Wildman–Crippen MR) is 77.8 cm³/mol. The molecule has 5 heteroatoms. The molecule has 1 aliphatic carbocycles. The summed E-state index contributed by atoms with van der Waals surface area (Å²) in [6, 6.07) is 0.578. The van der Waals surface area contributed by atoms with E-state index in [2.05, 4.69) is 33.9 Å². The number of imidazole rings is 1. The lowest BCUT2D eigenvalue weighted by Gasteiger charge is -2.13.